The second kappa shape index (κ2) is 5.34. The smallest absolute Gasteiger partial charge is 0.226 e. The number of nitrogens with two attached hydrogens (primary N) is 1. The first-order chi connectivity index (χ1) is 7.17. The Morgan fingerprint density at radius 3 is 2.88 bits per heavy atom. The Hall–Kier alpha value is -0.320. The zero-order valence-corrected chi connectivity index (χ0v) is 10.6. The molecule has 1 amide bonds. The van der Waals surface area contributed by atoms with E-state index in [4.69, 9.17) is 10.5 Å². The summed E-state index contributed by atoms with van der Waals surface area (Å²) in [4.78, 5) is 13.9. The van der Waals surface area contributed by atoms with Gasteiger partial charge in [0, 0.05) is 37.6 Å². The van der Waals surface area contributed by atoms with E-state index in [0.717, 1.165) is 39.1 Å². The molecule has 2 aliphatic rings. The van der Waals surface area contributed by atoms with Gasteiger partial charge in [0.2, 0.25) is 5.91 Å². The molecule has 1 spiro atoms. The van der Waals surface area contributed by atoms with Crippen LogP contribution in [0, 0.1) is 11.3 Å². The van der Waals surface area contributed by atoms with Gasteiger partial charge in [-0.05, 0) is 12.8 Å². The van der Waals surface area contributed by atoms with Gasteiger partial charge in [-0.1, -0.05) is 6.92 Å². The molecule has 0 aliphatic carbocycles. The zero-order chi connectivity index (χ0) is 10.9. The van der Waals surface area contributed by atoms with Crippen molar-refractivity contribution in [1.82, 2.24) is 4.90 Å². The van der Waals surface area contributed by atoms with Crippen molar-refractivity contribution in [2.45, 2.75) is 19.8 Å². The summed E-state index contributed by atoms with van der Waals surface area (Å²) in [7, 11) is 0. The Bertz CT molecular complexity index is 254. The van der Waals surface area contributed by atoms with Crippen LogP contribution in [0.1, 0.15) is 19.8 Å². The van der Waals surface area contributed by atoms with Gasteiger partial charge in [-0.15, -0.1) is 12.4 Å². The van der Waals surface area contributed by atoms with Crippen molar-refractivity contribution >= 4 is 18.3 Å². The molecule has 0 aromatic heterocycles. The normalized spacial score (nSPS) is 30.5. The minimum Gasteiger partial charge on any atom is -0.381 e. The Morgan fingerprint density at radius 1 is 1.56 bits per heavy atom. The molecule has 0 aromatic rings. The van der Waals surface area contributed by atoms with Crippen molar-refractivity contribution in [1.29, 1.82) is 0 Å². The third kappa shape index (κ3) is 2.50. The van der Waals surface area contributed by atoms with Crippen molar-refractivity contribution in [2.75, 3.05) is 32.8 Å². The topological polar surface area (TPSA) is 55.6 Å². The number of likely N-dealkylation sites (tertiary alicyclic amines) is 1. The highest BCUT2D eigenvalue weighted by Crippen LogP contribution is 2.38. The molecule has 2 saturated heterocycles. The summed E-state index contributed by atoms with van der Waals surface area (Å²) in [5.74, 6) is 0.170. The van der Waals surface area contributed by atoms with Crippen LogP contribution in [0.3, 0.4) is 0 Å². The Labute approximate surface area is 103 Å². The number of ether oxygens (including phenoxy) is 1. The lowest BCUT2D eigenvalue weighted by atomic mass is 9.87. The summed E-state index contributed by atoms with van der Waals surface area (Å²) >= 11 is 0. The van der Waals surface area contributed by atoms with E-state index in [9.17, 15) is 4.79 Å². The van der Waals surface area contributed by atoms with Gasteiger partial charge in [0.15, 0.2) is 0 Å². The maximum absolute atomic E-state index is 11.9. The molecule has 2 unspecified atom stereocenters. The predicted molar refractivity (Wildman–Crippen MR) is 64.5 cm³/mol. The summed E-state index contributed by atoms with van der Waals surface area (Å²) < 4.78 is 5.43. The second-order valence-electron chi connectivity index (χ2n) is 4.95. The first kappa shape index (κ1) is 13.7. The first-order valence-corrected chi connectivity index (χ1v) is 5.73. The average molecular weight is 249 g/mol. The molecule has 5 heteroatoms. The lowest BCUT2D eigenvalue weighted by Crippen LogP contribution is -2.38. The summed E-state index contributed by atoms with van der Waals surface area (Å²) in [5, 5.41) is 0. The van der Waals surface area contributed by atoms with Gasteiger partial charge in [0.05, 0.1) is 6.61 Å². The number of nitrogens with zero attached hydrogens (tertiary/aromatic N) is 1. The highest BCUT2D eigenvalue weighted by Gasteiger charge is 2.43. The second-order valence-corrected chi connectivity index (χ2v) is 4.95. The van der Waals surface area contributed by atoms with Crippen molar-refractivity contribution in [3.63, 3.8) is 0 Å². The number of carbonyl (C=O) groups excluding carboxylic acids is 1. The molecular weight excluding hydrogens is 228 g/mol. The van der Waals surface area contributed by atoms with E-state index in [2.05, 4.69) is 0 Å². The monoisotopic (exact) mass is 248 g/mol. The summed E-state index contributed by atoms with van der Waals surface area (Å²) in [6.07, 6.45) is 2.20. The van der Waals surface area contributed by atoms with Crippen LogP contribution < -0.4 is 5.73 Å². The number of rotatable bonds is 2. The third-order valence-electron chi connectivity index (χ3n) is 3.71. The molecule has 0 aromatic carbocycles. The van der Waals surface area contributed by atoms with Crippen molar-refractivity contribution < 1.29 is 9.53 Å². The first-order valence-electron chi connectivity index (χ1n) is 5.73. The molecule has 2 aliphatic heterocycles. The number of amides is 1. The van der Waals surface area contributed by atoms with Crippen LogP contribution in [0.25, 0.3) is 0 Å². The highest BCUT2D eigenvalue weighted by atomic mass is 35.5. The molecule has 0 bridgehead atoms. The van der Waals surface area contributed by atoms with E-state index in [0.29, 0.717) is 6.54 Å². The molecule has 2 N–H and O–H groups in total. The predicted octanol–water partition coefficient (Wildman–Crippen LogP) is 0.642. The quantitative estimate of drug-likeness (QED) is 0.781. The SMILES string of the molecule is CC(CN)C(=O)N1CCC2(CCOC2)C1.Cl. The van der Waals surface area contributed by atoms with Crippen molar-refractivity contribution in [2.24, 2.45) is 17.1 Å². The van der Waals surface area contributed by atoms with Crippen LogP contribution >= 0.6 is 12.4 Å². The van der Waals surface area contributed by atoms with E-state index in [1.54, 1.807) is 0 Å². The molecule has 94 valence electrons. The average Bonchev–Trinajstić information content (AvgIpc) is 2.88. The van der Waals surface area contributed by atoms with E-state index < -0.39 is 0 Å². The van der Waals surface area contributed by atoms with E-state index in [-0.39, 0.29) is 29.6 Å². The standard InChI is InChI=1S/C11H20N2O2.ClH/c1-9(6-12)10(14)13-4-2-11(7-13)3-5-15-8-11;/h9H,2-8,12H2,1H3;1H. The van der Waals surface area contributed by atoms with Gasteiger partial charge in [0.25, 0.3) is 0 Å². The third-order valence-corrected chi connectivity index (χ3v) is 3.71. The maximum atomic E-state index is 11.9. The molecule has 2 fully saturated rings. The number of carbonyl (C=O) groups is 1. The van der Waals surface area contributed by atoms with Gasteiger partial charge in [-0.25, -0.2) is 0 Å². The molecule has 0 saturated carbocycles. The molecule has 2 rings (SSSR count). The summed E-state index contributed by atoms with van der Waals surface area (Å²) in [6, 6.07) is 0. The molecular formula is C11H21ClN2O2. The number of hydrogen-bond donors (Lipinski definition) is 1. The van der Waals surface area contributed by atoms with Gasteiger partial charge < -0.3 is 15.4 Å². The van der Waals surface area contributed by atoms with Gasteiger partial charge >= 0.3 is 0 Å². The minimum absolute atomic E-state index is 0. The largest absolute Gasteiger partial charge is 0.381 e. The minimum atomic E-state index is -0.0394. The van der Waals surface area contributed by atoms with Gasteiger partial charge in [-0.3, -0.25) is 4.79 Å². The number of hydrogen-bond acceptors (Lipinski definition) is 3. The van der Waals surface area contributed by atoms with Crippen molar-refractivity contribution in [3.8, 4) is 0 Å². The molecule has 2 atom stereocenters. The Morgan fingerprint density at radius 2 is 2.31 bits per heavy atom. The lowest BCUT2D eigenvalue weighted by Gasteiger charge is -2.23. The van der Waals surface area contributed by atoms with Crippen LogP contribution in [0.5, 0.6) is 0 Å². The van der Waals surface area contributed by atoms with E-state index in [1.807, 2.05) is 11.8 Å². The molecule has 16 heavy (non-hydrogen) atoms. The van der Waals surface area contributed by atoms with Crippen LogP contribution in [0.2, 0.25) is 0 Å². The lowest BCUT2D eigenvalue weighted by molar-refractivity contribution is -0.134. The van der Waals surface area contributed by atoms with Crippen LogP contribution in [0.4, 0.5) is 0 Å². The summed E-state index contributed by atoms with van der Waals surface area (Å²) in [6.45, 7) is 5.78. The van der Waals surface area contributed by atoms with Gasteiger partial charge in [0.1, 0.15) is 0 Å². The molecule has 4 nitrogen and oxygen atoms in total. The highest BCUT2D eigenvalue weighted by molar-refractivity contribution is 5.85. The van der Waals surface area contributed by atoms with Crippen molar-refractivity contribution in [3.05, 3.63) is 0 Å². The zero-order valence-electron chi connectivity index (χ0n) is 9.78. The number of halogens is 1. The summed E-state index contributed by atoms with van der Waals surface area (Å²) in [5.41, 5.74) is 5.78. The fraction of sp³-hybridized carbons (Fsp3) is 0.909. The maximum Gasteiger partial charge on any atom is 0.226 e. The molecule has 0 radical (unpaired) electrons. The molecule has 2 heterocycles. The van der Waals surface area contributed by atoms with Gasteiger partial charge in [-0.2, -0.15) is 0 Å². The Kier molecular flexibility index (Phi) is 4.59. The van der Waals surface area contributed by atoms with Crippen LogP contribution in [-0.4, -0.2) is 43.7 Å². The fourth-order valence-corrected chi connectivity index (χ4v) is 2.51. The van der Waals surface area contributed by atoms with Crippen LogP contribution in [-0.2, 0) is 9.53 Å². The van der Waals surface area contributed by atoms with E-state index in [1.165, 1.54) is 0 Å². The van der Waals surface area contributed by atoms with Crippen LogP contribution in [0.15, 0.2) is 0 Å². The Balaban J connectivity index is 0.00000128. The fourth-order valence-electron chi connectivity index (χ4n) is 2.51. The van der Waals surface area contributed by atoms with E-state index >= 15 is 0 Å².